The van der Waals surface area contributed by atoms with Crippen LogP contribution in [0, 0.1) is 0 Å². The van der Waals surface area contributed by atoms with Gasteiger partial charge in [0.25, 0.3) is 0 Å². The zero-order valence-electron chi connectivity index (χ0n) is 13.0. The molecule has 0 saturated heterocycles. The number of ketones is 1. The van der Waals surface area contributed by atoms with Crippen LogP contribution in [0.25, 0.3) is 11.0 Å². The molecule has 3 aliphatic heterocycles. The normalized spacial score (nSPS) is 22.6. The number of hydrogen-bond acceptors (Lipinski definition) is 6. The highest BCUT2D eigenvalue weighted by Gasteiger charge is 2.44. The summed E-state index contributed by atoms with van der Waals surface area (Å²) in [6, 6.07) is 9.06. The molecule has 124 valence electrons. The average Bonchev–Trinajstić information content (AvgIpc) is 3.26. The first kappa shape index (κ1) is 13.2. The van der Waals surface area contributed by atoms with Gasteiger partial charge in [-0.15, -0.1) is 0 Å². The fourth-order valence-corrected chi connectivity index (χ4v) is 3.80. The van der Waals surface area contributed by atoms with Crippen molar-refractivity contribution in [2.24, 2.45) is 0 Å². The zero-order chi connectivity index (χ0) is 16.5. The van der Waals surface area contributed by atoms with Crippen LogP contribution in [0.5, 0.6) is 23.0 Å². The molecule has 25 heavy (non-hydrogen) atoms. The molecule has 0 spiro atoms. The van der Waals surface area contributed by atoms with Crippen molar-refractivity contribution in [2.45, 2.75) is 12.0 Å². The Balaban J connectivity index is 1.52. The number of carbonyl (C=O) groups excluding carboxylic acids is 1. The molecule has 2 aromatic carbocycles. The lowest BCUT2D eigenvalue weighted by atomic mass is 9.82. The van der Waals surface area contributed by atoms with Gasteiger partial charge in [0.2, 0.25) is 6.79 Å². The van der Waals surface area contributed by atoms with Crippen molar-refractivity contribution < 1.29 is 28.2 Å². The number of Topliss-reactive ketones (excluding diaryl/α,β-unsaturated/α-hetero) is 1. The minimum Gasteiger partial charge on any atom is -0.489 e. The first-order valence-corrected chi connectivity index (χ1v) is 8.06. The lowest BCUT2D eigenvalue weighted by Gasteiger charge is -2.36. The van der Waals surface area contributed by atoms with Gasteiger partial charge in [0.1, 0.15) is 29.8 Å². The fraction of sp³-hybridized carbons (Fsp3) is 0.211. The maximum Gasteiger partial charge on any atom is 0.231 e. The first-order valence-electron chi connectivity index (χ1n) is 8.06. The van der Waals surface area contributed by atoms with Gasteiger partial charge in [0, 0.05) is 23.1 Å². The third-order valence-electron chi connectivity index (χ3n) is 5.00. The summed E-state index contributed by atoms with van der Waals surface area (Å²) >= 11 is 0. The van der Waals surface area contributed by atoms with Crippen LogP contribution >= 0.6 is 0 Å². The molecule has 3 aliphatic rings. The Bertz CT molecular complexity index is 1050. The van der Waals surface area contributed by atoms with Crippen molar-refractivity contribution in [2.75, 3.05) is 13.4 Å². The average molecular weight is 336 g/mol. The molecule has 0 unspecified atom stereocenters. The van der Waals surface area contributed by atoms with Gasteiger partial charge in [0.05, 0.1) is 17.7 Å². The summed E-state index contributed by atoms with van der Waals surface area (Å²) in [4.78, 5) is 13.2. The van der Waals surface area contributed by atoms with Gasteiger partial charge < -0.3 is 23.4 Å². The van der Waals surface area contributed by atoms with E-state index in [1.807, 2.05) is 18.2 Å². The van der Waals surface area contributed by atoms with Crippen LogP contribution in [0.15, 0.2) is 41.0 Å². The van der Waals surface area contributed by atoms with Crippen molar-refractivity contribution in [3.63, 3.8) is 0 Å². The predicted molar refractivity (Wildman–Crippen MR) is 85.8 cm³/mol. The molecule has 6 nitrogen and oxygen atoms in total. The van der Waals surface area contributed by atoms with Crippen LogP contribution < -0.4 is 18.9 Å². The van der Waals surface area contributed by atoms with Gasteiger partial charge >= 0.3 is 0 Å². The van der Waals surface area contributed by atoms with Crippen molar-refractivity contribution >= 4 is 16.8 Å². The molecule has 0 N–H and O–H groups in total. The molecule has 0 fully saturated rings. The summed E-state index contributed by atoms with van der Waals surface area (Å²) < 4.78 is 28.2. The van der Waals surface area contributed by atoms with Crippen molar-refractivity contribution in [1.29, 1.82) is 0 Å². The van der Waals surface area contributed by atoms with Crippen molar-refractivity contribution in [3.8, 4) is 23.0 Å². The maximum atomic E-state index is 13.2. The van der Waals surface area contributed by atoms with E-state index in [0.29, 0.717) is 40.8 Å². The Labute approximate surface area is 141 Å². The van der Waals surface area contributed by atoms with Gasteiger partial charge in [-0.1, -0.05) is 0 Å². The molecule has 3 aromatic rings. The Kier molecular flexibility index (Phi) is 2.36. The van der Waals surface area contributed by atoms with Gasteiger partial charge in [0.15, 0.2) is 17.3 Å². The van der Waals surface area contributed by atoms with Crippen LogP contribution in [0.3, 0.4) is 0 Å². The van der Waals surface area contributed by atoms with E-state index in [-0.39, 0.29) is 18.7 Å². The SMILES string of the molecule is O=C1c2cc3ccoc3cc2O[C@H]2COc3cc4c(cc3[C@H]12)OCO4. The topological polar surface area (TPSA) is 67.1 Å². The van der Waals surface area contributed by atoms with E-state index >= 15 is 0 Å². The zero-order valence-corrected chi connectivity index (χ0v) is 13.0. The smallest absolute Gasteiger partial charge is 0.231 e. The molecule has 0 saturated carbocycles. The van der Waals surface area contributed by atoms with E-state index in [1.165, 1.54) is 0 Å². The maximum absolute atomic E-state index is 13.2. The molecule has 0 radical (unpaired) electrons. The molecular formula is C19H12O6. The van der Waals surface area contributed by atoms with Gasteiger partial charge in [-0.2, -0.15) is 0 Å². The number of carbonyl (C=O) groups is 1. The van der Waals surface area contributed by atoms with Crippen molar-refractivity contribution in [3.05, 3.63) is 47.7 Å². The monoisotopic (exact) mass is 336 g/mol. The second kappa shape index (κ2) is 4.47. The summed E-state index contributed by atoms with van der Waals surface area (Å²) in [6.07, 6.45) is 1.23. The second-order valence-corrected chi connectivity index (χ2v) is 6.36. The first-order chi connectivity index (χ1) is 12.3. The van der Waals surface area contributed by atoms with E-state index in [2.05, 4.69) is 0 Å². The number of fused-ring (bicyclic) bond motifs is 6. The summed E-state index contributed by atoms with van der Waals surface area (Å²) in [5, 5.41) is 0.882. The van der Waals surface area contributed by atoms with Crippen molar-refractivity contribution in [1.82, 2.24) is 0 Å². The van der Waals surface area contributed by atoms with Crippen LogP contribution in [0.2, 0.25) is 0 Å². The van der Waals surface area contributed by atoms with Gasteiger partial charge in [-0.25, -0.2) is 0 Å². The lowest BCUT2D eigenvalue weighted by molar-refractivity contribution is 0.0561. The number of furan rings is 1. The Morgan fingerprint density at radius 3 is 2.72 bits per heavy atom. The molecule has 0 aliphatic carbocycles. The fourth-order valence-electron chi connectivity index (χ4n) is 3.80. The lowest BCUT2D eigenvalue weighted by Crippen LogP contribution is -2.42. The highest BCUT2D eigenvalue weighted by Crippen LogP contribution is 2.48. The van der Waals surface area contributed by atoms with Crippen LogP contribution in [-0.4, -0.2) is 25.3 Å². The van der Waals surface area contributed by atoms with E-state index in [9.17, 15) is 4.79 Å². The Morgan fingerprint density at radius 1 is 0.920 bits per heavy atom. The third kappa shape index (κ3) is 1.71. The molecule has 6 heteroatoms. The van der Waals surface area contributed by atoms with E-state index < -0.39 is 5.92 Å². The van der Waals surface area contributed by atoms with Gasteiger partial charge in [-0.3, -0.25) is 4.79 Å². The van der Waals surface area contributed by atoms with Crippen LogP contribution in [0.4, 0.5) is 0 Å². The number of benzene rings is 2. The van der Waals surface area contributed by atoms with Gasteiger partial charge in [-0.05, 0) is 18.2 Å². The molecular weight excluding hydrogens is 324 g/mol. The number of hydrogen-bond donors (Lipinski definition) is 0. The summed E-state index contributed by atoms with van der Waals surface area (Å²) in [5.41, 5.74) is 2.05. The third-order valence-corrected chi connectivity index (χ3v) is 5.00. The number of rotatable bonds is 0. The largest absolute Gasteiger partial charge is 0.489 e. The molecule has 1 aromatic heterocycles. The Hall–Kier alpha value is -3.15. The molecule has 0 bridgehead atoms. The highest BCUT2D eigenvalue weighted by atomic mass is 16.7. The predicted octanol–water partition coefficient (Wildman–Crippen LogP) is 3.28. The molecule has 2 atom stereocenters. The minimum absolute atomic E-state index is 0.0257. The highest BCUT2D eigenvalue weighted by molar-refractivity contribution is 6.07. The molecule has 4 heterocycles. The van der Waals surface area contributed by atoms with E-state index in [4.69, 9.17) is 23.4 Å². The summed E-state index contributed by atoms with van der Waals surface area (Å²) in [5.74, 6) is 2.07. The summed E-state index contributed by atoms with van der Waals surface area (Å²) in [7, 11) is 0. The quantitative estimate of drug-likeness (QED) is 0.628. The van der Waals surface area contributed by atoms with Crippen LogP contribution in [-0.2, 0) is 0 Å². The Morgan fingerprint density at radius 2 is 1.80 bits per heavy atom. The second-order valence-electron chi connectivity index (χ2n) is 6.36. The molecule has 6 rings (SSSR count). The molecule has 0 amide bonds. The summed E-state index contributed by atoms with van der Waals surface area (Å²) in [6.45, 7) is 0.483. The van der Waals surface area contributed by atoms with Crippen LogP contribution in [0.1, 0.15) is 21.8 Å². The van der Waals surface area contributed by atoms with E-state index in [1.54, 1.807) is 18.4 Å². The van der Waals surface area contributed by atoms with E-state index in [0.717, 1.165) is 10.9 Å². The standard InChI is InChI=1S/C19H12O6/c20-19-11-3-9-1-2-21-12(9)5-14(11)25-17-7-22-13-6-16-15(23-8-24-16)4-10(13)18(17)19/h1-6,17-18H,7-8H2/t17-,18-/m0/s1. The minimum atomic E-state index is -0.421. The number of ether oxygens (including phenoxy) is 4.